The van der Waals surface area contributed by atoms with Crippen LogP contribution in [-0.4, -0.2) is 20.5 Å². The van der Waals surface area contributed by atoms with Crippen molar-refractivity contribution in [2.24, 2.45) is 0 Å². The van der Waals surface area contributed by atoms with Crippen molar-refractivity contribution in [2.75, 3.05) is 0 Å². The Morgan fingerprint density at radius 2 is 0.848 bits per heavy atom. The average molecular weight is 471 g/mol. The summed E-state index contributed by atoms with van der Waals surface area (Å²) in [6.45, 7) is 4.34. The lowest BCUT2D eigenvalue weighted by atomic mass is 10.1. The Morgan fingerprint density at radius 3 is 1.24 bits per heavy atom. The fraction of sp³-hybridized carbons (Fsp3) is 0.143. The molecule has 2 atom stereocenters. The van der Waals surface area contributed by atoms with Gasteiger partial charge in [-0.2, -0.15) is 0 Å². The average Bonchev–Trinajstić information content (AvgIpc) is 2.80. The summed E-state index contributed by atoms with van der Waals surface area (Å²) in [5, 5.41) is -0.744. The molecule has 0 aliphatic carbocycles. The Morgan fingerprint density at radius 1 is 0.485 bits per heavy atom. The van der Waals surface area contributed by atoms with Gasteiger partial charge in [0.25, 0.3) is 0 Å². The van der Waals surface area contributed by atoms with E-state index in [1.807, 2.05) is 84.9 Å². The molecular weight excluding hydrogens is 440 g/mol. The van der Waals surface area contributed by atoms with E-state index < -0.39 is 0 Å². The third-order valence-corrected chi connectivity index (χ3v) is 7.09. The molecule has 0 aliphatic rings. The van der Waals surface area contributed by atoms with E-state index in [0.29, 0.717) is 0 Å². The van der Waals surface area contributed by atoms with Crippen molar-refractivity contribution >= 4 is 20.5 Å². The monoisotopic (exact) mass is 470 g/mol. The third-order valence-electron chi connectivity index (χ3n) is 5.53. The van der Waals surface area contributed by atoms with Crippen LogP contribution in [0.2, 0.25) is 0 Å². The SMILES string of the molecule is CC([SiH3])(OC(C)([SiH3])c1cccc(Oc2ccccc2)c1)c1cccc(Oc2ccccc2)c1. The zero-order chi connectivity index (χ0) is 23.3. The predicted molar refractivity (Wildman–Crippen MR) is 142 cm³/mol. The molecule has 0 aromatic heterocycles. The molecule has 0 amide bonds. The van der Waals surface area contributed by atoms with Crippen LogP contribution in [0.5, 0.6) is 23.0 Å². The van der Waals surface area contributed by atoms with Crippen molar-refractivity contribution in [3.05, 3.63) is 120 Å². The zero-order valence-electron chi connectivity index (χ0n) is 19.6. The van der Waals surface area contributed by atoms with E-state index in [4.69, 9.17) is 14.2 Å². The zero-order valence-corrected chi connectivity index (χ0v) is 23.6. The molecular formula is C28H30O3Si2. The summed E-state index contributed by atoms with van der Waals surface area (Å²) in [6.07, 6.45) is 0. The fourth-order valence-corrected chi connectivity index (χ4v) is 5.92. The molecule has 5 heteroatoms. The summed E-state index contributed by atoms with van der Waals surface area (Å²) in [5.41, 5.74) is 2.25. The smallest absolute Gasteiger partial charge is 0.127 e. The molecule has 0 radical (unpaired) electrons. The molecule has 0 saturated heterocycles. The lowest BCUT2D eigenvalue weighted by molar-refractivity contribution is -0.0555. The van der Waals surface area contributed by atoms with Crippen LogP contribution in [0.4, 0.5) is 0 Å². The molecule has 4 aromatic rings. The number of benzene rings is 4. The number of para-hydroxylation sites is 2. The van der Waals surface area contributed by atoms with Crippen LogP contribution in [0.3, 0.4) is 0 Å². The second-order valence-corrected chi connectivity index (χ2v) is 12.8. The molecule has 0 saturated carbocycles. The Labute approximate surface area is 202 Å². The minimum atomic E-state index is -0.372. The van der Waals surface area contributed by atoms with Crippen LogP contribution in [-0.2, 0) is 15.2 Å². The molecule has 168 valence electrons. The highest BCUT2D eigenvalue weighted by atomic mass is 28.2. The molecule has 33 heavy (non-hydrogen) atoms. The number of ether oxygens (including phenoxy) is 3. The summed E-state index contributed by atoms with van der Waals surface area (Å²) in [7, 11) is 1.66. The third kappa shape index (κ3) is 6.02. The van der Waals surface area contributed by atoms with Crippen molar-refractivity contribution in [1.82, 2.24) is 0 Å². The van der Waals surface area contributed by atoms with E-state index in [2.05, 4.69) is 38.1 Å². The van der Waals surface area contributed by atoms with Crippen LogP contribution in [0.25, 0.3) is 0 Å². The lowest BCUT2D eigenvalue weighted by Gasteiger charge is -2.37. The van der Waals surface area contributed by atoms with Gasteiger partial charge in [0.1, 0.15) is 23.0 Å². The maximum atomic E-state index is 6.82. The Bertz CT molecular complexity index is 1100. The fourth-order valence-electron chi connectivity index (χ4n) is 3.87. The largest absolute Gasteiger partial charge is 0.457 e. The first-order valence-electron chi connectivity index (χ1n) is 11.2. The first-order valence-corrected chi connectivity index (χ1v) is 13.2. The quantitative estimate of drug-likeness (QED) is 0.337. The molecule has 0 N–H and O–H groups in total. The maximum absolute atomic E-state index is 6.82. The molecule has 0 aliphatic heterocycles. The van der Waals surface area contributed by atoms with E-state index in [9.17, 15) is 0 Å². The Kier molecular flexibility index (Phi) is 6.84. The van der Waals surface area contributed by atoms with Crippen LogP contribution >= 0.6 is 0 Å². The topological polar surface area (TPSA) is 27.7 Å². The van der Waals surface area contributed by atoms with Gasteiger partial charge in [-0.05, 0) is 73.5 Å². The van der Waals surface area contributed by atoms with Crippen molar-refractivity contribution in [2.45, 2.75) is 24.3 Å². The van der Waals surface area contributed by atoms with Crippen LogP contribution < -0.4 is 9.47 Å². The number of rotatable bonds is 8. The van der Waals surface area contributed by atoms with Gasteiger partial charge in [0.15, 0.2) is 0 Å². The summed E-state index contributed by atoms with van der Waals surface area (Å²) in [6, 6.07) is 36.2. The van der Waals surface area contributed by atoms with Gasteiger partial charge in [0, 0.05) is 20.5 Å². The van der Waals surface area contributed by atoms with Gasteiger partial charge >= 0.3 is 0 Å². The van der Waals surface area contributed by atoms with E-state index in [1.54, 1.807) is 0 Å². The normalized spacial score (nSPS) is 14.8. The van der Waals surface area contributed by atoms with Gasteiger partial charge in [-0.1, -0.05) is 60.7 Å². The molecule has 0 heterocycles. The summed E-state index contributed by atoms with van der Waals surface area (Å²) in [4.78, 5) is 0. The van der Waals surface area contributed by atoms with Gasteiger partial charge in [-0.25, -0.2) is 0 Å². The highest BCUT2D eigenvalue weighted by Crippen LogP contribution is 2.35. The first kappa shape index (κ1) is 23.0. The van der Waals surface area contributed by atoms with Gasteiger partial charge in [0.2, 0.25) is 0 Å². The van der Waals surface area contributed by atoms with Gasteiger partial charge in [-0.3, -0.25) is 0 Å². The highest BCUT2D eigenvalue weighted by Gasteiger charge is 2.32. The molecule has 0 spiro atoms. The van der Waals surface area contributed by atoms with Gasteiger partial charge < -0.3 is 14.2 Å². The summed E-state index contributed by atoms with van der Waals surface area (Å²) < 4.78 is 18.9. The second kappa shape index (κ2) is 9.79. The van der Waals surface area contributed by atoms with E-state index in [-0.39, 0.29) is 10.4 Å². The first-order chi connectivity index (χ1) is 15.8. The lowest BCUT2D eigenvalue weighted by Crippen LogP contribution is -2.38. The summed E-state index contributed by atoms with van der Waals surface area (Å²) in [5.74, 6) is 3.29. The Balaban J connectivity index is 1.52. The van der Waals surface area contributed by atoms with E-state index in [1.165, 1.54) is 0 Å². The van der Waals surface area contributed by atoms with E-state index in [0.717, 1.165) is 54.6 Å². The van der Waals surface area contributed by atoms with Gasteiger partial charge in [-0.15, -0.1) is 0 Å². The Hall–Kier alpha value is -3.13. The summed E-state index contributed by atoms with van der Waals surface area (Å²) >= 11 is 0. The molecule has 4 rings (SSSR count). The van der Waals surface area contributed by atoms with Crippen molar-refractivity contribution < 1.29 is 14.2 Å². The van der Waals surface area contributed by atoms with Crippen LogP contribution in [0.1, 0.15) is 25.0 Å². The van der Waals surface area contributed by atoms with E-state index >= 15 is 0 Å². The maximum Gasteiger partial charge on any atom is 0.127 e. The predicted octanol–water partition coefficient (Wildman–Crippen LogP) is 5.06. The van der Waals surface area contributed by atoms with Gasteiger partial charge in [0.05, 0.1) is 10.4 Å². The minimum Gasteiger partial charge on any atom is -0.457 e. The standard InChI is InChI=1S/C28H30O3Si2/c1-27(32,21-11-9-17-25(19-21)29-23-13-5-3-6-14-23)31-28(2,33)22-12-10-18-26(20-22)30-24-15-7-4-8-16-24/h3-20H,1-2,32-33H3. The molecule has 3 nitrogen and oxygen atoms in total. The number of hydrogen-bond donors (Lipinski definition) is 0. The molecule has 4 aromatic carbocycles. The van der Waals surface area contributed by atoms with Crippen LogP contribution in [0, 0.1) is 0 Å². The minimum absolute atomic E-state index is 0.372. The van der Waals surface area contributed by atoms with Crippen molar-refractivity contribution in [1.29, 1.82) is 0 Å². The molecule has 2 unspecified atom stereocenters. The molecule has 0 fully saturated rings. The van der Waals surface area contributed by atoms with Crippen molar-refractivity contribution in [3.8, 4) is 23.0 Å². The molecule has 0 bridgehead atoms. The second-order valence-electron chi connectivity index (χ2n) is 9.01. The highest BCUT2D eigenvalue weighted by molar-refractivity contribution is 6.17. The van der Waals surface area contributed by atoms with Crippen LogP contribution in [0.15, 0.2) is 109 Å². The number of hydrogen-bond acceptors (Lipinski definition) is 3. The van der Waals surface area contributed by atoms with Crippen molar-refractivity contribution in [3.63, 3.8) is 0 Å².